The molecule has 1 aliphatic heterocycles. The summed E-state index contributed by atoms with van der Waals surface area (Å²) >= 11 is 0. The average molecular weight is 255 g/mol. The van der Waals surface area contributed by atoms with Crippen LogP contribution in [0.2, 0.25) is 0 Å². The molecule has 0 bridgehead atoms. The van der Waals surface area contributed by atoms with E-state index in [-0.39, 0.29) is 18.1 Å². The standard InChI is InChI=1S/C11H17N3O4/c1-14(7-11(17)2-4-18-5-3-11)9(15)8-6-12-10(16)13-8/h6,17H,2-5,7H2,1H3,(H2,12,13,16). The van der Waals surface area contributed by atoms with Crippen LogP contribution >= 0.6 is 0 Å². The first-order valence-corrected chi connectivity index (χ1v) is 5.83. The van der Waals surface area contributed by atoms with Gasteiger partial charge in [0, 0.05) is 45.8 Å². The third kappa shape index (κ3) is 2.80. The molecule has 7 heteroatoms. The Bertz CT molecular complexity index is 473. The van der Waals surface area contributed by atoms with Crippen LogP contribution in [0.4, 0.5) is 0 Å². The van der Waals surface area contributed by atoms with Crippen molar-refractivity contribution in [2.45, 2.75) is 18.4 Å². The van der Waals surface area contributed by atoms with E-state index in [1.165, 1.54) is 11.1 Å². The van der Waals surface area contributed by atoms with Crippen molar-refractivity contribution in [1.82, 2.24) is 14.9 Å². The van der Waals surface area contributed by atoms with E-state index in [1.54, 1.807) is 7.05 Å². The number of carbonyl (C=O) groups is 1. The number of hydrogen-bond donors (Lipinski definition) is 3. The van der Waals surface area contributed by atoms with Crippen LogP contribution in [0.3, 0.4) is 0 Å². The Labute approximate surface area is 104 Å². The maximum atomic E-state index is 12.0. The van der Waals surface area contributed by atoms with E-state index in [0.717, 1.165) is 0 Å². The van der Waals surface area contributed by atoms with Gasteiger partial charge in [0.2, 0.25) is 0 Å². The molecule has 1 amide bonds. The number of ether oxygens (including phenoxy) is 1. The summed E-state index contributed by atoms with van der Waals surface area (Å²) in [5.41, 5.74) is -1.13. The number of imidazole rings is 1. The molecule has 0 aliphatic carbocycles. The molecule has 1 aliphatic rings. The molecule has 0 spiro atoms. The largest absolute Gasteiger partial charge is 0.388 e. The fraction of sp³-hybridized carbons (Fsp3) is 0.636. The lowest BCUT2D eigenvalue weighted by atomic mass is 9.94. The summed E-state index contributed by atoms with van der Waals surface area (Å²) in [5, 5.41) is 10.3. The zero-order valence-electron chi connectivity index (χ0n) is 10.2. The zero-order valence-corrected chi connectivity index (χ0v) is 10.2. The minimum absolute atomic E-state index is 0.193. The van der Waals surface area contributed by atoms with Gasteiger partial charge in [-0.25, -0.2) is 4.79 Å². The Kier molecular flexibility index (Phi) is 3.53. The van der Waals surface area contributed by atoms with E-state index in [4.69, 9.17) is 4.74 Å². The van der Waals surface area contributed by atoms with Crippen molar-refractivity contribution in [3.05, 3.63) is 22.4 Å². The molecule has 2 heterocycles. The lowest BCUT2D eigenvalue weighted by Crippen LogP contribution is -2.47. The highest BCUT2D eigenvalue weighted by Gasteiger charge is 2.32. The van der Waals surface area contributed by atoms with E-state index in [9.17, 15) is 14.7 Å². The van der Waals surface area contributed by atoms with Gasteiger partial charge in [0.05, 0.1) is 5.60 Å². The van der Waals surface area contributed by atoms with Gasteiger partial charge in [0.15, 0.2) is 0 Å². The van der Waals surface area contributed by atoms with E-state index in [1.807, 2.05) is 0 Å². The van der Waals surface area contributed by atoms with Gasteiger partial charge in [0.1, 0.15) is 5.69 Å². The predicted molar refractivity (Wildman–Crippen MR) is 63.4 cm³/mol. The second-order valence-corrected chi connectivity index (χ2v) is 4.65. The molecule has 100 valence electrons. The average Bonchev–Trinajstić information content (AvgIpc) is 2.75. The summed E-state index contributed by atoms with van der Waals surface area (Å²) < 4.78 is 5.18. The van der Waals surface area contributed by atoms with Crippen LogP contribution in [0.1, 0.15) is 23.3 Å². The lowest BCUT2D eigenvalue weighted by molar-refractivity contribution is -0.0734. The molecule has 0 radical (unpaired) electrons. The fourth-order valence-corrected chi connectivity index (χ4v) is 2.08. The first-order valence-electron chi connectivity index (χ1n) is 5.83. The van der Waals surface area contributed by atoms with E-state index >= 15 is 0 Å². The number of likely N-dealkylation sites (N-methyl/N-ethyl adjacent to an activating group) is 1. The first-order chi connectivity index (χ1) is 8.50. The number of amides is 1. The molecular formula is C11H17N3O4. The number of aromatic nitrogens is 2. The Balaban J connectivity index is 2.01. The minimum atomic E-state index is -0.904. The van der Waals surface area contributed by atoms with Crippen molar-refractivity contribution in [1.29, 1.82) is 0 Å². The topological polar surface area (TPSA) is 98.4 Å². The van der Waals surface area contributed by atoms with Gasteiger partial charge in [0.25, 0.3) is 5.91 Å². The molecule has 0 atom stereocenters. The summed E-state index contributed by atoms with van der Waals surface area (Å²) in [6.07, 6.45) is 2.34. The van der Waals surface area contributed by atoms with Crippen LogP contribution in [0.15, 0.2) is 11.0 Å². The highest BCUT2D eigenvalue weighted by atomic mass is 16.5. The molecule has 1 fully saturated rings. The number of hydrogen-bond acceptors (Lipinski definition) is 4. The number of nitrogens with zero attached hydrogens (tertiary/aromatic N) is 1. The van der Waals surface area contributed by atoms with E-state index in [0.29, 0.717) is 26.1 Å². The first kappa shape index (κ1) is 12.8. The fourth-order valence-electron chi connectivity index (χ4n) is 2.08. The van der Waals surface area contributed by atoms with Crippen molar-refractivity contribution in [2.24, 2.45) is 0 Å². The molecule has 0 aromatic carbocycles. The second kappa shape index (κ2) is 4.95. The van der Waals surface area contributed by atoms with Crippen molar-refractivity contribution in [2.75, 3.05) is 26.8 Å². The van der Waals surface area contributed by atoms with Gasteiger partial charge in [-0.15, -0.1) is 0 Å². The van der Waals surface area contributed by atoms with Crippen molar-refractivity contribution >= 4 is 5.91 Å². The number of rotatable bonds is 3. The monoisotopic (exact) mass is 255 g/mol. The summed E-state index contributed by atoms with van der Waals surface area (Å²) in [4.78, 5) is 29.1. The SMILES string of the molecule is CN(CC1(O)CCOCC1)C(=O)c1c[nH]c(=O)[nH]1. The van der Waals surface area contributed by atoms with Gasteiger partial charge < -0.3 is 24.7 Å². The highest BCUT2D eigenvalue weighted by Crippen LogP contribution is 2.21. The van der Waals surface area contributed by atoms with Crippen LogP contribution in [0, 0.1) is 0 Å². The Morgan fingerprint density at radius 3 is 2.78 bits per heavy atom. The highest BCUT2D eigenvalue weighted by molar-refractivity contribution is 5.91. The van der Waals surface area contributed by atoms with Gasteiger partial charge in [-0.2, -0.15) is 0 Å². The third-order valence-corrected chi connectivity index (χ3v) is 3.13. The molecule has 0 unspecified atom stereocenters. The van der Waals surface area contributed by atoms with Crippen LogP contribution in [-0.2, 0) is 4.74 Å². The lowest BCUT2D eigenvalue weighted by Gasteiger charge is -2.35. The normalized spacial score (nSPS) is 18.6. The number of aliphatic hydroxyl groups is 1. The molecular weight excluding hydrogens is 238 g/mol. The Morgan fingerprint density at radius 2 is 2.22 bits per heavy atom. The Hall–Kier alpha value is -1.60. The predicted octanol–water partition coefficient (Wildman–Crippen LogP) is -0.683. The number of nitrogens with one attached hydrogen (secondary N) is 2. The molecule has 1 saturated heterocycles. The van der Waals surface area contributed by atoms with Crippen LogP contribution in [0.5, 0.6) is 0 Å². The van der Waals surface area contributed by atoms with Gasteiger partial charge in [-0.05, 0) is 0 Å². The van der Waals surface area contributed by atoms with Gasteiger partial charge in [-0.3, -0.25) is 4.79 Å². The van der Waals surface area contributed by atoms with Crippen LogP contribution in [-0.4, -0.2) is 58.3 Å². The zero-order chi connectivity index (χ0) is 13.2. The van der Waals surface area contributed by atoms with Crippen molar-refractivity contribution in [3.8, 4) is 0 Å². The van der Waals surface area contributed by atoms with Crippen molar-refractivity contribution < 1.29 is 14.6 Å². The molecule has 1 aromatic heterocycles. The van der Waals surface area contributed by atoms with Gasteiger partial charge >= 0.3 is 5.69 Å². The summed E-state index contributed by atoms with van der Waals surface area (Å²) in [7, 11) is 1.60. The molecule has 0 saturated carbocycles. The quantitative estimate of drug-likeness (QED) is 0.666. The number of aromatic amines is 2. The maximum Gasteiger partial charge on any atom is 0.323 e. The number of H-pyrrole nitrogens is 2. The smallest absolute Gasteiger partial charge is 0.323 e. The van der Waals surface area contributed by atoms with E-state index < -0.39 is 11.3 Å². The number of carbonyl (C=O) groups excluding carboxylic acids is 1. The van der Waals surface area contributed by atoms with Gasteiger partial charge in [-0.1, -0.05) is 0 Å². The van der Waals surface area contributed by atoms with Crippen molar-refractivity contribution in [3.63, 3.8) is 0 Å². The summed E-state index contributed by atoms with van der Waals surface area (Å²) in [6.45, 7) is 1.22. The molecule has 2 rings (SSSR count). The molecule has 18 heavy (non-hydrogen) atoms. The molecule has 1 aromatic rings. The molecule has 7 nitrogen and oxygen atoms in total. The second-order valence-electron chi connectivity index (χ2n) is 4.65. The Morgan fingerprint density at radius 1 is 1.56 bits per heavy atom. The van der Waals surface area contributed by atoms with Crippen LogP contribution < -0.4 is 5.69 Å². The summed E-state index contributed by atoms with van der Waals surface area (Å²) in [6, 6.07) is 0. The summed E-state index contributed by atoms with van der Waals surface area (Å²) in [5.74, 6) is -0.326. The van der Waals surface area contributed by atoms with E-state index in [2.05, 4.69) is 9.97 Å². The molecule has 3 N–H and O–H groups in total. The maximum absolute atomic E-state index is 12.0. The third-order valence-electron chi connectivity index (χ3n) is 3.13. The van der Waals surface area contributed by atoms with Crippen LogP contribution in [0.25, 0.3) is 0 Å². The minimum Gasteiger partial charge on any atom is -0.388 e.